The van der Waals surface area contributed by atoms with Gasteiger partial charge in [-0.1, -0.05) is 27.7 Å². The van der Waals surface area contributed by atoms with E-state index in [4.69, 9.17) is 9.47 Å². The Hall–Kier alpha value is -1.10. The van der Waals surface area contributed by atoms with Crippen molar-refractivity contribution in [3.8, 4) is 0 Å². The van der Waals surface area contributed by atoms with Crippen LogP contribution in [-0.4, -0.2) is 37.2 Å². The highest BCUT2D eigenvalue weighted by Crippen LogP contribution is 2.14. The Balaban J connectivity index is 2.52. The first-order chi connectivity index (χ1) is 9.45. The van der Waals surface area contributed by atoms with Gasteiger partial charge < -0.3 is 14.8 Å². The first-order valence-corrected chi connectivity index (χ1v) is 7.54. The van der Waals surface area contributed by atoms with E-state index in [-0.39, 0.29) is 23.7 Å². The van der Waals surface area contributed by atoms with Crippen LogP contribution in [0.3, 0.4) is 0 Å². The summed E-state index contributed by atoms with van der Waals surface area (Å²) in [5.41, 5.74) is 0. The van der Waals surface area contributed by atoms with Crippen LogP contribution < -0.4 is 5.32 Å². The van der Waals surface area contributed by atoms with Crippen molar-refractivity contribution >= 4 is 11.9 Å². The molecule has 20 heavy (non-hydrogen) atoms. The number of hydrogen-bond donors (Lipinski definition) is 1. The average molecular weight is 285 g/mol. The van der Waals surface area contributed by atoms with E-state index in [0.29, 0.717) is 13.2 Å². The maximum absolute atomic E-state index is 12.3. The van der Waals surface area contributed by atoms with Crippen LogP contribution in [0.25, 0.3) is 0 Å². The number of ketones is 1. The molecule has 1 aliphatic heterocycles. The lowest BCUT2D eigenvalue weighted by Gasteiger charge is -2.26. The highest BCUT2D eigenvalue weighted by Gasteiger charge is 2.28. The van der Waals surface area contributed by atoms with Crippen LogP contribution >= 0.6 is 0 Å². The molecule has 2 atom stereocenters. The molecule has 1 saturated heterocycles. The summed E-state index contributed by atoms with van der Waals surface area (Å²) in [5, 5.41) is 2.73. The average Bonchev–Trinajstić information content (AvgIpc) is 2.44. The van der Waals surface area contributed by atoms with E-state index in [9.17, 15) is 9.59 Å². The standard InChI is InChI=1S/C15H27NO4/c1-5-11(4)14(17)13(10(2)3)16-15(18)20-12-6-8-19-9-7-12/h10-13H,5-9H2,1-4H3,(H,16,18)/t11?,13-/m0/s1. The Morgan fingerprint density at radius 1 is 1.25 bits per heavy atom. The molecule has 1 fully saturated rings. The second-order valence-corrected chi connectivity index (χ2v) is 5.79. The number of rotatable bonds is 6. The van der Waals surface area contributed by atoms with Crippen molar-refractivity contribution in [2.45, 2.75) is 59.1 Å². The summed E-state index contributed by atoms with van der Waals surface area (Å²) in [5.74, 6) is 0.0796. The highest BCUT2D eigenvalue weighted by atomic mass is 16.6. The number of carbonyl (C=O) groups is 2. The Morgan fingerprint density at radius 2 is 1.85 bits per heavy atom. The molecular formula is C15H27NO4. The molecule has 0 aliphatic carbocycles. The van der Waals surface area contributed by atoms with Gasteiger partial charge in [0.25, 0.3) is 0 Å². The molecule has 0 aromatic heterocycles. The minimum atomic E-state index is -0.493. The van der Waals surface area contributed by atoms with Gasteiger partial charge in [0, 0.05) is 18.8 Å². The second-order valence-electron chi connectivity index (χ2n) is 5.79. The van der Waals surface area contributed by atoms with Gasteiger partial charge in [0.2, 0.25) is 0 Å². The molecule has 1 N–H and O–H groups in total. The molecule has 1 heterocycles. The molecule has 0 saturated carbocycles. The Labute approximate surface area is 121 Å². The summed E-state index contributed by atoms with van der Waals surface area (Å²) < 4.78 is 10.6. The summed E-state index contributed by atoms with van der Waals surface area (Å²) in [4.78, 5) is 24.2. The van der Waals surface area contributed by atoms with Gasteiger partial charge in [0.15, 0.2) is 5.78 Å². The Kier molecular flexibility index (Phi) is 6.99. The van der Waals surface area contributed by atoms with Crippen molar-refractivity contribution in [2.75, 3.05) is 13.2 Å². The van der Waals surface area contributed by atoms with Crippen LogP contribution in [0, 0.1) is 11.8 Å². The van der Waals surface area contributed by atoms with E-state index in [0.717, 1.165) is 19.3 Å². The SMILES string of the molecule is CCC(C)C(=O)[C@@H](NC(=O)OC1CCOCC1)C(C)C. The summed E-state index contributed by atoms with van der Waals surface area (Å²) in [7, 11) is 0. The largest absolute Gasteiger partial charge is 0.446 e. The molecule has 5 nitrogen and oxygen atoms in total. The lowest BCUT2D eigenvalue weighted by atomic mass is 9.91. The van der Waals surface area contributed by atoms with Crippen LogP contribution in [0.4, 0.5) is 4.79 Å². The Bertz CT molecular complexity index is 324. The van der Waals surface area contributed by atoms with Gasteiger partial charge >= 0.3 is 6.09 Å². The van der Waals surface area contributed by atoms with Crippen LogP contribution in [0.2, 0.25) is 0 Å². The highest BCUT2D eigenvalue weighted by molar-refractivity contribution is 5.89. The van der Waals surface area contributed by atoms with Gasteiger partial charge in [0.05, 0.1) is 19.3 Å². The molecule has 1 aliphatic rings. The molecule has 0 aromatic carbocycles. The maximum atomic E-state index is 12.3. The van der Waals surface area contributed by atoms with Gasteiger partial charge in [-0.25, -0.2) is 4.79 Å². The molecule has 0 bridgehead atoms. The van der Waals surface area contributed by atoms with Crippen LogP contribution in [-0.2, 0) is 14.3 Å². The van der Waals surface area contributed by atoms with Crippen molar-refractivity contribution in [3.05, 3.63) is 0 Å². The third-order valence-corrected chi connectivity index (χ3v) is 3.79. The normalized spacial score (nSPS) is 19.4. The van der Waals surface area contributed by atoms with Crippen molar-refractivity contribution < 1.29 is 19.1 Å². The van der Waals surface area contributed by atoms with Gasteiger partial charge in [0.1, 0.15) is 6.10 Å². The van der Waals surface area contributed by atoms with Gasteiger partial charge in [-0.05, 0) is 12.3 Å². The van der Waals surface area contributed by atoms with E-state index >= 15 is 0 Å². The van der Waals surface area contributed by atoms with Crippen molar-refractivity contribution in [3.63, 3.8) is 0 Å². The zero-order chi connectivity index (χ0) is 15.1. The van der Waals surface area contributed by atoms with E-state index in [1.54, 1.807) is 0 Å². The molecular weight excluding hydrogens is 258 g/mol. The molecule has 1 rings (SSSR count). The first kappa shape index (κ1) is 17.0. The van der Waals surface area contributed by atoms with E-state index in [1.165, 1.54) is 0 Å². The zero-order valence-corrected chi connectivity index (χ0v) is 13.0. The Morgan fingerprint density at radius 3 is 2.35 bits per heavy atom. The van der Waals surface area contributed by atoms with Gasteiger partial charge in [-0.15, -0.1) is 0 Å². The van der Waals surface area contributed by atoms with Crippen LogP contribution in [0.15, 0.2) is 0 Å². The van der Waals surface area contributed by atoms with Crippen LogP contribution in [0.5, 0.6) is 0 Å². The maximum Gasteiger partial charge on any atom is 0.408 e. The molecule has 0 spiro atoms. The molecule has 1 unspecified atom stereocenters. The third kappa shape index (κ3) is 5.12. The van der Waals surface area contributed by atoms with Gasteiger partial charge in [-0.3, -0.25) is 4.79 Å². The summed E-state index contributed by atoms with van der Waals surface area (Å²) in [6.45, 7) is 8.97. The number of ether oxygens (including phenoxy) is 2. The predicted molar refractivity (Wildman–Crippen MR) is 76.5 cm³/mol. The fraction of sp³-hybridized carbons (Fsp3) is 0.867. The number of nitrogens with one attached hydrogen (secondary N) is 1. The molecule has 5 heteroatoms. The van der Waals surface area contributed by atoms with Crippen molar-refractivity contribution in [1.29, 1.82) is 0 Å². The van der Waals surface area contributed by atoms with E-state index in [2.05, 4.69) is 5.32 Å². The summed E-state index contributed by atoms with van der Waals surface area (Å²) in [6.07, 6.45) is 1.62. The minimum absolute atomic E-state index is 0.0502. The molecule has 0 radical (unpaired) electrons. The number of alkyl carbamates (subject to hydrolysis) is 1. The monoisotopic (exact) mass is 285 g/mol. The molecule has 1 amide bonds. The molecule has 116 valence electrons. The van der Waals surface area contributed by atoms with Gasteiger partial charge in [-0.2, -0.15) is 0 Å². The van der Waals surface area contributed by atoms with E-state index < -0.39 is 12.1 Å². The fourth-order valence-electron chi connectivity index (χ4n) is 2.18. The molecule has 0 aromatic rings. The smallest absolute Gasteiger partial charge is 0.408 e. The first-order valence-electron chi connectivity index (χ1n) is 7.54. The number of amides is 1. The summed E-state index contributed by atoms with van der Waals surface area (Å²) in [6, 6.07) is -0.475. The van der Waals surface area contributed by atoms with Crippen molar-refractivity contribution in [1.82, 2.24) is 5.32 Å². The van der Waals surface area contributed by atoms with Crippen LogP contribution in [0.1, 0.15) is 47.0 Å². The lowest BCUT2D eigenvalue weighted by molar-refractivity contribution is -0.125. The lowest BCUT2D eigenvalue weighted by Crippen LogP contribution is -2.47. The topological polar surface area (TPSA) is 64.6 Å². The fourth-order valence-corrected chi connectivity index (χ4v) is 2.18. The predicted octanol–water partition coefficient (Wildman–Crippen LogP) is 2.53. The third-order valence-electron chi connectivity index (χ3n) is 3.79. The second kappa shape index (κ2) is 8.25. The quantitative estimate of drug-likeness (QED) is 0.814. The number of Topliss-reactive ketones (excluding diaryl/α,β-unsaturated/α-hetero) is 1. The zero-order valence-electron chi connectivity index (χ0n) is 13.0. The van der Waals surface area contributed by atoms with Crippen molar-refractivity contribution in [2.24, 2.45) is 11.8 Å². The summed E-state index contributed by atoms with van der Waals surface area (Å²) >= 11 is 0. The minimum Gasteiger partial charge on any atom is -0.446 e. The number of hydrogen-bond acceptors (Lipinski definition) is 4. The number of carbonyl (C=O) groups excluding carboxylic acids is 2. The van der Waals surface area contributed by atoms with E-state index in [1.807, 2.05) is 27.7 Å².